The summed E-state index contributed by atoms with van der Waals surface area (Å²) in [6.45, 7) is 13.6. The van der Waals surface area contributed by atoms with Crippen LogP contribution < -0.4 is 0 Å². The van der Waals surface area contributed by atoms with Crippen LogP contribution in [0.4, 0.5) is 0 Å². The molecule has 1 fully saturated rings. The average molecular weight is 287 g/mol. The van der Waals surface area contributed by atoms with Crippen LogP contribution in [0.5, 0.6) is 0 Å². The molecule has 5 heteroatoms. The highest BCUT2D eigenvalue weighted by molar-refractivity contribution is 5.78. The van der Waals surface area contributed by atoms with Crippen LogP contribution >= 0.6 is 0 Å². The lowest BCUT2D eigenvalue weighted by atomic mass is 9.80. The Labute approximate surface area is 122 Å². The van der Waals surface area contributed by atoms with Gasteiger partial charge in [-0.25, -0.2) is 4.79 Å². The van der Waals surface area contributed by atoms with Gasteiger partial charge in [0.15, 0.2) is 5.60 Å². The molecule has 0 radical (unpaired) electrons. The number of rotatable bonds is 4. The molecular formula is C15H29NO4. The molecule has 118 valence electrons. The average Bonchev–Trinajstić information content (AvgIpc) is 2.22. The minimum atomic E-state index is -1.05. The van der Waals surface area contributed by atoms with Gasteiger partial charge in [0, 0.05) is 11.1 Å². The zero-order chi connectivity index (χ0) is 15.8. The van der Waals surface area contributed by atoms with E-state index in [1.807, 2.05) is 32.8 Å². The number of hydroxylamine groups is 2. The lowest BCUT2D eigenvalue weighted by molar-refractivity contribution is -0.332. The molecule has 0 aromatic heterocycles. The van der Waals surface area contributed by atoms with Gasteiger partial charge in [0.25, 0.3) is 0 Å². The molecule has 1 heterocycles. The first-order valence-electron chi connectivity index (χ1n) is 7.27. The first-order chi connectivity index (χ1) is 8.92. The molecule has 0 aromatic carbocycles. The number of aliphatic hydroxyl groups is 1. The van der Waals surface area contributed by atoms with Crippen molar-refractivity contribution in [2.24, 2.45) is 0 Å². The van der Waals surface area contributed by atoms with Crippen LogP contribution in [0, 0.1) is 0 Å². The van der Waals surface area contributed by atoms with E-state index < -0.39 is 5.60 Å². The van der Waals surface area contributed by atoms with E-state index in [9.17, 15) is 9.90 Å². The number of carbonyl (C=O) groups is 1. The fourth-order valence-electron chi connectivity index (χ4n) is 3.03. The summed E-state index contributed by atoms with van der Waals surface area (Å²) in [6, 6.07) is 0. The first-order valence-corrected chi connectivity index (χ1v) is 7.27. The maximum Gasteiger partial charge on any atom is 0.339 e. The lowest BCUT2D eigenvalue weighted by Gasteiger charge is -2.54. The van der Waals surface area contributed by atoms with Crippen LogP contribution in [0.15, 0.2) is 0 Å². The van der Waals surface area contributed by atoms with Crippen molar-refractivity contribution in [1.29, 1.82) is 0 Å². The number of piperidine rings is 1. The highest BCUT2D eigenvalue weighted by Gasteiger charge is 2.49. The van der Waals surface area contributed by atoms with Crippen LogP contribution in [0.25, 0.3) is 0 Å². The second-order valence-corrected chi connectivity index (χ2v) is 7.30. The molecule has 0 aromatic rings. The summed E-state index contributed by atoms with van der Waals surface area (Å²) >= 11 is 0. The number of hydrogen-bond acceptors (Lipinski definition) is 5. The van der Waals surface area contributed by atoms with E-state index in [4.69, 9.17) is 9.57 Å². The fraction of sp³-hybridized carbons (Fsp3) is 0.933. The number of nitrogens with zero attached hydrogens (tertiary/aromatic N) is 1. The van der Waals surface area contributed by atoms with Gasteiger partial charge in [-0.3, -0.25) is 4.84 Å². The molecule has 0 spiro atoms. The van der Waals surface area contributed by atoms with Crippen LogP contribution in [0.2, 0.25) is 0 Å². The van der Waals surface area contributed by atoms with Crippen LogP contribution in [-0.4, -0.2) is 45.5 Å². The normalized spacial score (nSPS) is 23.6. The number of carbonyl (C=O) groups excluding carboxylic acids is 1. The Hall–Kier alpha value is -0.650. The topological polar surface area (TPSA) is 59.0 Å². The molecule has 0 bridgehead atoms. The van der Waals surface area contributed by atoms with Gasteiger partial charge >= 0.3 is 5.97 Å². The van der Waals surface area contributed by atoms with Gasteiger partial charge in [-0.15, -0.1) is 0 Å². The standard InChI is InChI=1S/C15H29NO4/c1-8-19-12(18)15(6,7)20-16-13(2,3)9-11(17)10-14(16,4)5/h11,17H,8-10H2,1-7H3. The zero-order valence-corrected chi connectivity index (χ0v) is 13.8. The van der Waals surface area contributed by atoms with Crippen molar-refractivity contribution in [1.82, 2.24) is 5.06 Å². The number of hydrogen-bond donors (Lipinski definition) is 1. The van der Waals surface area contributed by atoms with Gasteiger partial charge < -0.3 is 9.84 Å². The maximum atomic E-state index is 12.0. The molecule has 1 aliphatic heterocycles. The maximum absolute atomic E-state index is 12.0. The summed E-state index contributed by atoms with van der Waals surface area (Å²) < 4.78 is 5.07. The van der Waals surface area contributed by atoms with E-state index >= 15 is 0 Å². The predicted octanol–water partition coefficient (Wildman–Crippen LogP) is 2.27. The molecule has 0 atom stereocenters. The summed E-state index contributed by atoms with van der Waals surface area (Å²) in [6.07, 6.45) is 0.857. The van der Waals surface area contributed by atoms with Gasteiger partial charge in [0.2, 0.25) is 0 Å². The zero-order valence-electron chi connectivity index (χ0n) is 13.8. The van der Waals surface area contributed by atoms with Gasteiger partial charge in [-0.1, -0.05) is 0 Å². The third kappa shape index (κ3) is 3.71. The molecule has 1 N–H and O–H groups in total. The molecule has 0 saturated carbocycles. The summed E-state index contributed by atoms with van der Waals surface area (Å²) in [5.74, 6) is -0.377. The minimum absolute atomic E-state index is 0.330. The number of ether oxygens (including phenoxy) is 1. The van der Waals surface area contributed by atoms with Gasteiger partial charge in [0.1, 0.15) is 0 Å². The third-order valence-corrected chi connectivity index (χ3v) is 3.66. The second kappa shape index (κ2) is 5.62. The summed E-state index contributed by atoms with van der Waals surface area (Å²) in [7, 11) is 0. The first kappa shape index (κ1) is 17.4. The Morgan fingerprint density at radius 2 is 1.70 bits per heavy atom. The Kier molecular flexibility index (Phi) is 4.89. The van der Waals surface area contributed by atoms with Gasteiger partial charge in [0.05, 0.1) is 12.7 Å². The molecular weight excluding hydrogens is 258 g/mol. The largest absolute Gasteiger partial charge is 0.464 e. The van der Waals surface area contributed by atoms with Crippen molar-refractivity contribution in [2.45, 2.75) is 84.1 Å². The molecule has 0 unspecified atom stereocenters. The fourth-order valence-corrected chi connectivity index (χ4v) is 3.03. The molecule has 1 saturated heterocycles. The van der Waals surface area contributed by atoms with E-state index in [2.05, 4.69) is 0 Å². The van der Waals surface area contributed by atoms with Crippen molar-refractivity contribution < 1.29 is 19.5 Å². The van der Waals surface area contributed by atoms with E-state index in [1.165, 1.54) is 0 Å². The minimum Gasteiger partial charge on any atom is -0.464 e. The van der Waals surface area contributed by atoms with Crippen molar-refractivity contribution in [3.63, 3.8) is 0 Å². The molecule has 1 rings (SSSR count). The van der Waals surface area contributed by atoms with E-state index in [1.54, 1.807) is 20.8 Å². The second-order valence-electron chi connectivity index (χ2n) is 7.30. The van der Waals surface area contributed by atoms with E-state index in [0.717, 1.165) is 0 Å². The van der Waals surface area contributed by atoms with E-state index in [-0.39, 0.29) is 23.2 Å². The Bertz CT molecular complexity index is 345. The van der Waals surface area contributed by atoms with Crippen molar-refractivity contribution in [2.75, 3.05) is 6.61 Å². The van der Waals surface area contributed by atoms with Gasteiger partial charge in [-0.2, -0.15) is 5.06 Å². The molecule has 0 amide bonds. The Morgan fingerprint density at radius 3 is 2.10 bits per heavy atom. The Morgan fingerprint density at radius 1 is 1.25 bits per heavy atom. The highest BCUT2D eigenvalue weighted by Crippen LogP contribution is 2.40. The summed E-state index contributed by atoms with van der Waals surface area (Å²) in [4.78, 5) is 18.0. The molecule has 0 aliphatic carbocycles. The SMILES string of the molecule is CCOC(=O)C(C)(C)ON1C(C)(C)CC(O)CC1(C)C. The quantitative estimate of drug-likeness (QED) is 0.804. The summed E-state index contributed by atoms with van der Waals surface area (Å²) in [5.41, 5.74) is -1.76. The van der Waals surface area contributed by atoms with Crippen molar-refractivity contribution in [3.05, 3.63) is 0 Å². The molecule has 1 aliphatic rings. The summed E-state index contributed by atoms with van der Waals surface area (Å²) in [5, 5.41) is 11.9. The van der Waals surface area contributed by atoms with E-state index in [0.29, 0.717) is 19.4 Å². The smallest absolute Gasteiger partial charge is 0.339 e. The monoisotopic (exact) mass is 287 g/mol. The third-order valence-electron chi connectivity index (χ3n) is 3.66. The van der Waals surface area contributed by atoms with Gasteiger partial charge in [-0.05, 0) is 61.3 Å². The number of esters is 1. The van der Waals surface area contributed by atoms with Crippen molar-refractivity contribution >= 4 is 5.97 Å². The highest BCUT2D eigenvalue weighted by atomic mass is 16.7. The van der Waals surface area contributed by atoms with Crippen molar-refractivity contribution in [3.8, 4) is 0 Å². The molecule has 5 nitrogen and oxygen atoms in total. The molecule has 20 heavy (non-hydrogen) atoms. The van der Waals surface area contributed by atoms with Crippen LogP contribution in [0.1, 0.15) is 61.3 Å². The van der Waals surface area contributed by atoms with Crippen LogP contribution in [-0.2, 0) is 14.4 Å². The Balaban J connectivity index is 2.95. The van der Waals surface area contributed by atoms with Crippen LogP contribution in [0.3, 0.4) is 0 Å². The lowest BCUT2D eigenvalue weighted by Crippen LogP contribution is -2.64. The number of aliphatic hydroxyl groups excluding tert-OH is 1. The predicted molar refractivity (Wildman–Crippen MR) is 77.0 cm³/mol.